The van der Waals surface area contributed by atoms with Crippen LogP contribution in [-0.4, -0.2) is 57.3 Å². The zero-order valence-electron chi connectivity index (χ0n) is 13.3. The number of hydrogen-bond donors (Lipinski definition) is 2. The molecule has 2 rings (SSSR count). The van der Waals surface area contributed by atoms with Gasteiger partial charge in [0.2, 0.25) is 0 Å². The van der Waals surface area contributed by atoms with Gasteiger partial charge in [0.15, 0.2) is 0 Å². The first-order valence-electron chi connectivity index (χ1n) is 8.15. The summed E-state index contributed by atoms with van der Waals surface area (Å²) in [6, 6.07) is 0.608. The minimum absolute atomic E-state index is 0.194. The highest BCUT2D eigenvalue weighted by atomic mass is 16.3. The Bertz CT molecular complexity index is 401. The second-order valence-corrected chi connectivity index (χ2v) is 6.24. The van der Waals surface area contributed by atoms with Crippen molar-refractivity contribution in [2.24, 2.45) is 5.92 Å². The Morgan fingerprint density at radius 1 is 1.33 bits per heavy atom. The Kier molecular flexibility index (Phi) is 6.60. The summed E-state index contributed by atoms with van der Waals surface area (Å²) >= 11 is 0. The Hall–Kier alpha value is -0.980. The minimum atomic E-state index is 0.194. The maximum Gasteiger partial charge on any atom is 0.0964 e. The lowest BCUT2D eigenvalue weighted by atomic mass is 10.0. The Labute approximate surface area is 127 Å². The third-order valence-electron chi connectivity index (χ3n) is 4.17. The second-order valence-electron chi connectivity index (χ2n) is 6.24. The topological polar surface area (TPSA) is 66.2 Å². The molecule has 0 aliphatic carbocycles. The van der Waals surface area contributed by atoms with Crippen LogP contribution in [0.15, 0.2) is 6.20 Å². The predicted octanol–water partition coefficient (Wildman–Crippen LogP) is 0.871. The number of rotatable bonds is 9. The Morgan fingerprint density at radius 2 is 2.10 bits per heavy atom. The maximum absolute atomic E-state index is 8.81. The van der Waals surface area contributed by atoms with E-state index in [-0.39, 0.29) is 6.61 Å². The van der Waals surface area contributed by atoms with Gasteiger partial charge in [-0.05, 0) is 38.3 Å². The summed E-state index contributed by atoms with van der Waals surface area (Å²) in [6.45, 7) is 9.76. The van der Waals surface area contributed by atoms with E-state index in [4.69, 9.17) is 5.11 Å². The normalized spacial score (nSPS) is 17.7. The molecule has 0 amide bonds. The molecule has 0 bridgehead atoms. The molecular formula is C15H29N5O. The molecule has 1 saturated heterocycles. The molecule has 1 fully saturated rings. The molecule has 2 heterocycles. The summed E-state index contributed by atoms with van der Waals surface area (Å²) in [6.07, 6.45) is 5.36. The van der Waals surface area contributed by atoms with Crippen LogP contribution in [0.3, 0.4) is 0 Å². The first-order chi connectivity index (χ1) is 10.2. The molecule has 120 valence electrons. The summed E-state index contributed by atoms with van der Waals surface area (Å²) in [4.78, 5) is 2.61. The second kappa shape index (κ2) is 8.46. The molecule has 6 nitrogen and oxygen atoms in total. The van der Waals surface area contributed by atoms with Crippen molar-refractivity contribution in [3.63, 3.8) is 0 Å². The molecule has 1 atom stereocenters. The van der Waals surface area contributed by atoms with Crippen molar-refractivity contribution in [3.05, 3.63) is 11.9 Å². The fourth-order valence-electron chi connectivity index (χ4n) is 2.97. The van der Waals surface area contributed by atoms with Crippen LogP contribution < -0.4 is 5.32 Å². The lowest BCUT2D eigenvalue weighted by Gasteiger charge is -2.31. The van der Waals surface area contributed by atoms with Crippen LogP contribution in [0.25, 0.3) is 0 Å². The van der Waals surface area contributed by atoms with Gasteiger partial charge in [-0.3, -0.25) is 9.58 Å². The highest BCUT2D eigenvalue weighted by Gasteiger charge is 2.24. The molecule has 1 aromatic heterocycles. The third kappa shape index (κ3) is 5.05. The van der Waals surface area contributed by atoms with Gasteiger partial charge in [-0.1, -0.05) is 19.1 Å². The van der Waals surface area contributed by atoms with Crippen molar-refractivity contribution in [3.8, 4) is 0 Å². The van der Waals surface area contributed by atoms with E-state index in [1.165, 1.54) is 25.9 Å². The van der Waals surface area contributed by atoms with E-state index in [1.54, 1.807) is 4.68 Å². The molecule has 0 radical (unpaired) electrons. The molecule has 1 aliphatic heterocycles. The standard InChI is InChI=1S/C15H29N5O/c1-13(2)15(19-6-3-4-7-19)11-16-10-14-12-20(18-17-14)8-5-9-21/h12-13,15-16,21H,3-11H2,1-2H3. The first kappa shape index (κ1) is 16.4. The largest absolute Gasteiger partial charge is 0.396 e. The van der Waals surface area contributed by atoms with Gasteiger partial charge >= 0.3 is 0 Å². The van der Waals surface area contributed by atoms with Gasteiger partial charge in [0, 0.05) is 38.5 Å². The van der Waals surface area contributed by atoms with Crippen LogP contribution in [0.2, 0.25) is 0 Å². The van der Waals surface area contributed by atoms with Gasteiger partial charge in [0.25, 0.3) is 0 Å². The molecule has 0 spiro atoms. The molecule has 0 saturated carbocycles. The number of aliphatic hydroxyl groups excluding tert-OH is 1. The van der Waals surface area contributed by atoms with E-state index < -0.39 is 0 Å². The maximum atomic E-state index is 8.81. The van der Waals surface area contributed by atoms with Crippen LogP contribution in [0.1, 0.15) is 38.8 Å². The number of aromatic nitrogens is 3. The SMILES string of the molecule is CC(C)C(CNCc1cn(CCCO)nn1)N1CCCC1. The van der Waals surface area contributed by atoms with Gasteiger partial charge in [0.1, 0.15) is 0 Å². The molecule has 1 aromatic rings. The lowest BCUT2D eigenvalue weighted by molar-refractivity contribution is 0.186. The molecule has 6 heteroatoms. The predicted molar refractivity (Wildman–Crippen MR) is 82.9 cm³/mol. The summed E-state index contributed by atoms with van der Waals surface area (Å²) in [5, 5.41) is 20.6. The van der Waals surface area contributed by atoms with Crippen LogP contribution in [0.5, 0.6) is 0 Å². The van der Waals surface area contributed by atoms with Gasteiger partial charge < -0.3 is 10.4 Å². The van der Waals surface area contributed by atoms with E-state index in [0.717, 1.165) is 31.7 Å². The van der Waals surface area contributed by atoms with Crippen molar-refractivity contribution < 1.29 is 5.11 Å². The molecule has 1 unspecified atom stereocenters. The zero-order chi connectivity index (χ0) is 15.1. The van der Waals surface area contributed by atoms with Crippen LogP contribution >= 0.6 is 0 Å². The van der Waals surface area contributed by atoms with Crippen molar-refractivity contribution in [1.82, 2.24) is 25.2 Å². The quantitative estimate of drug-likeness (QED) is 0.708. The van der Waals surface area contributed by atoms with Crippen LogP contribution in [0, 0.1) is 5.92 Å². The Morgan fingerprint density at radius 3 is 2.76 bits per heavy atom. The number of nitrogens with one attached hydrogen (secondary N) is 1. The van der Waals surface area contributed by atoms with Crippen molar-refractivity contribution in [2.45, 2.75) is 52.2 Å². The van der Waals surface area contributed by atoms with E-state index >= 15 is 0 Å². The third-order valence-corrected chi connectivity index (χ3v) is 4.17. The Balaban J connectivity index is 1.75. The van der Waals surface area contributed by atoms with E-state index in [9.17, 15) is 0 Å². The lowest BCUT2D eigenvalue weighted by Crippen LogP contribution is -2.44. The van der Waals surface area contributed by atoms with Gasteiger partial charge in [0.05, 0.1) is 5.69 Å². The number of nitrogens with zero attached hydrogens (tertiary/aromatic N) is 4. The summed E-state index contributed by atoms with van der Waals surface area (Å²) in [5.41, 5.74) is 0.969. The van der Waals surface area contributed by atoms with E-state index in [0.29, 0.717) is 12.0 Å². The van der Waals surface area contributed by atoms with Crippen molar-refractivity contribution in [1.29, 1.82) is 0 Å². The van der Waals surface area contributed by atoms with Gasteiger partial charge in [-0.15, -0.1) is 5.10 Å². The molecule has 21 heavy (non-hydrogen) atoms. The van der Waals surface area contributed by atoms with Crippen LogP contribution in [-0.2, 0) is 13.1 Å². The van der Waals surface area contributed by atoms with E-state index in [2.05, 4.69) is 34.4 Å². The molecule has 1 aliphatic rings. The molecule has 0 aromatic carbocycles. The summed E-state index contributed by atoms with van der Waals surface area (Å²) in [5.74, 6) is 0.663. The fourth-order valence-corrected chi connectivity index (χ4v) is 2.97. The smallest absolute Gasteiger partial charge is 0.0964 e. The highest BCUT2D eigenvalue weighted by molar-refractivity contribution is 4.92. The van der Waals surface area contributed by atoms with Gasteiger partial charge in [-0.25, -0.2) is 0 Å². The minimum Gasteiger partial charge on any atom is -0.396 e. The van der Waals surface area contributed by atoms with Crippen molar-refractivity contribution >= 4 is 0 Å². The summed E-state index contributed by atoms with van der Waals surface area (Å²) in [7, 11) is 0. The average molecular weight is 295 g/mol. The monoisotopic (exact) mass is 295 g/mol. The molecular weight excluding hydrogens is 266 g/mol. The van der Waals surface area contributed by atoms with E-state index in [1.807, 2.05) is 6.20 Å². The number of likely N-dealkylation sites (tertiary alicyclic amines) is 1. The first-order valence-corrected chi connectivity index (χ1v) is 8.15. The highest BCUT2D eigenvalue weighted by Crippen LogP contribution is 2.17. The fraction of sp³-hybridized carbons (Fsp3) is 0.867. The van der Waals surface area contributed by atoms with Gasteiger partial charge in [-0.2, -0.15) is 0 Å². The van der Waals surface area contributed by atoms with Crippen LogP contribution in [0.4, 0.5) is 0 Å². The average Bonchev–Trinajstić information content (AvgIpc) is 3.12. The number of aliphatic hydroxyl groups is 1. The van der Waals surface area contributed by atoms with Crippen molar-refractivity contribution in [2.75, 3.05) is 26.2 Å². The zero-order valence-corrected chi connectivity index (χ0v) is 13.3. The number of aryl methyl sites for hydroxylation is 1. The summed E-state index contributed by atoms with van der Waals surface area (Å²) < 4.78 is 1.80. The molecule has 2 N–H and O–H groups in total. The number of hydrogen-bond acceptors (Lipinski definition) is 5.